The van der Waals surface area contributed by atoms with E-state index in [1.165, 1.54) is 11.1 Å². The number of carbonyl (C=O) groups excluding carboxylic acids is 1. The summed E-state index contributed by atoms with van der Waals surface area (Å²) in [7, 11) is 0. The zero-order valence-corrected chi connectivity index (χ0v) is 15.2. The molecule has 3 nitrogen and oxygen atoms in total. The van der Waals surface area contributed by atoms with Crippen LogP contribution < -0.4 is 10.1 Å². The molecule has 1 N–H and O–H groups in total. The zero-order valence-electron chi connectivity index (χ0n) is 15.2. The monoisotopic (exact) mass is 345 g/mol. The molecule has 0 fully saturated rings. The van der Waals surface area contributed by atoms with E-state index in [0.717, 1.165) is 23.2 Å². The summed E-state index contributed by atoms with van der Waals surface area (Å²) >= 11 is 0. The first-order valence-corrected chi connectivity index (χ1v) is 8.73. The van der Waals surface area contributed by atoms with Crippen LogP contribution in [0.4, 0.5) is 5.69 Å². The molecule has 3 aromatic carbocycles. The molecule has 3 rings (SSSR count). The minimum atomic E-state index is -0.163. The number of carbonyl (C=O) groups is 1. The summed E-state index contributed by atoms with van der Waals surface area (Å²) in [6.45, 7) is 4.07. The molecule has 0 heterocycles. The van der Waals surface area contributed by atoms with Gasteiger partial charge in [-0.15, -0.1) is 0 Å². The van der Waals surface area contributed by atoms with E-state index in [2.05, 4.69) is 24.4 Å². The van der Waals surface area contributed by atoms with Crippen LogP contribution >= 0.6 is 0 Å². The maximum atomic E-state index is 12.3. The highest BCUT2D eigenvalue weighted by atomic mass is 16.5. The van der Waals surface area contributed by atoms with Gasteiger partial charge in [-0.25, -0.2) is 0 Å². The number of hydrogen-bond donors (Lipinski definition) is 1. The Labute approximate surface area is 154 Å². The third-order valence-corrected chi connectivity index (χ3v) is 4.38. The summed E-state index contributed by atoms with van der Waals surface area (Å²) in [5.74, 6) is 0.546. The van der Waals surface area contributed by atoms with E-state index >= 15 is 0 Å². The van der Waals surface area contributed by atoms with Crippen molar-refractivity contribution >= 4 is 11.6 Å². The van der Waals surface area contributed by atoms with Crippen LogP contribution in [0.1, 0.15) is 22.3 Å². The van der Waals surface area contributed by atoms with E-state index in [-0.39, 0.29) is 12.5 Å². The van der Waals surface area contributed by atoms with Crippen LogP contribution in [0.5, 0.6) is 5.75 Å². The van der Waals surface area contributed by atoms with Gasteiger partial charge in [-0.2, -0.15) is 0 Å². The highest BCUT2D eigenvalue weighted by Gasteiger charge is 2.08. The normalized spacial score (nSPS) is 10.4. The Morgan fingerprint density at radius 3 is 2.38 bits per heavy atom. The van der Waals surface area contributed by atoms with E-state index in [1.807, 2.05) is 67.6 Å². The van der Waals surface area contributed by atoms with Gasteiger partial charge in [0.25, 0.3) is 5.91 Å². The van der Waals surface area contributed by atoms with Crippen LogP contribution in [-0.4, -0.2) is 12.5 Å². The van der Waals surface area contributed by atoms with Crippen LogP contribution in [0.3, 0.4) is 0 Å². The maximum Gasteiger partial charge on any atom is 0.262 e. The molecule has 0 aliphatic carbocycles. The van der Waals surface area contributed by atoms with E-state index < -0.39 is 0 Å². The van der Waals surface area contributed by atoms with Gasteiger partial charge in [0.1, 0.15) is 5.75 Å². The van der Waals surface area contributed by atoms with E-state index in [4.69, 9.17) is 4.74 Å². The van der Waals surface area contributed by atoms with Gasteiger partial charge in [0.2, 0.25) is 0 Å². The fraction of sp³-hybridized carbons (Fsp3) is 0.174. The maximum absolute atomic E-state index is 12.3. The van der Waals surface area contributed by atoms with Crippen LogP contribution in [-0.2, 0) is 11.2 Å². The predicted molar refractivity (Wildman–Crippen MR) is 106 cm³/mol. The Morgan fingerprint density at radius 2 is 1.62 bits per heavy atom. The Morgan fingerprint density at radius 1 is 0.885 bits per heavy atom. The topological polar surface area (TPSA) is 38.3 Å². The largest absolute Gasteiger partial charge is 0.484 e. The molecule has 0 bridgehead atoms. The van der Waals surface area contributed by atoms with Crippen molar-refractivity contribution in [3.8, 4) is 5.75 Å². The second kappa shape index (κ2) is 8.34. The predicted octanol–water partition coefficient (Wildman–Crippen LogP) is 4.91. The molecular formula is C23H23NO2. The average Bonchev–Trinajstić information content (AvgIpc) is 2.65. The first-order chi connectivity index (χ1) is 12.6. The van der Waals surface area contributed by atoms with E-state index in [1.54, 1.807) is 0 Å². The minimum Gasteiger partial charge on any atom is -0.484 e. The van der Waals surface area contributed by atoms with Gasteiger partial charge in [-0.3, -0.25) is 4.79 Å². The number of nitrogens with one attached hydrogen (secondary N) is 1. The molecule has 0 saturated carbocycles. The Hall–Kier alpha value is -3.07. The van der Waals surface area contributed by atoms with Crippen LogP contribution in [0, 0.1) is 13.8 Å². The first kappa shape index (κ1) is 17.7. The lowest BCUT2D eigenvalue weighted by Gasteiger charge is -2.12. The SMILES string of the molecule is Cc1ccc(OCC(=O)Nc2ccccc2Cc2ccccc2)cc1C. The summed E-state index contributed by atoms with van der Waals surface area (Å²) in [6.07, 6.45) is 0.773. The van der Waals surface area contributed by atoms with Crippen molar-refractivity contribution in [3.63, 3.8) is 0 Å². The Bertz CT molecular complexity index is 888. The smallest absolute Gasteiger partial charge is 0.262 e. The second-order valence-electron chi connectivity index (χ2n) is 6.40. The molecule has 0 aliphatic heterocycles. The lowest BCUT2D eigenvalue weighted by atomic mass is 10.0. The summed E-state index contributed by atoms with van der Waals surface area (Å²) < 4.78 is 5.62. The number of ether oxygens (including phenoxy) is 1. The molecule has 0 atom stereocenters. The highest BCUT2D eigenvalue weighted by molar-refractivity contribution is 5.92. The molecule has 3 heteroatoms. The molecule has 0 aliphatic rings. The summed E-state index contributed by atoms with van der Waals surface area (Å²) in [5.41, 5.74) is 5.47. The lowest BCUT2D eigenvalue weighted by Crippen LogP contribution is -2.21. The molecular weight excluding hydrogens is 322 g/mol. The summed E-state index contributed by atoms with van der Waals surface area (Å²) in [5, 5.41) is 2.96. The van der Waals surface area contributed by atoms with E-state index in [9.17, 15) is 4.79 Å². The van der Waals surface area contributed by atoms with Crippen molar-refractivity contribution in [3.05, 3.63) is 95.1 Å². The van der Waals surface area contributed by atoms with Gasteiger partial charge in [0.15, 0.2) is 6.61 Å². The number of rotatable bonds is 6. The number of para-hydroxylation sites is 1. The summed E-state index contributed by atoms with van der Waals surface area (Å²) in [6, 6.07) is 23.9. The highest BCUT2D eigenvalue weighted by Crippen LogP contribution is 2.20. The third kappa shape index (κ3) is 4.73. The number of aryl methyl sites for hydroxylation is 2. The van der Waals surface area contributed by atoms with Gasteiger partial charge in [-0.05, 0) is 60.7 Å². The van der Waals surface area contributed by atoms with Gasteiger partial charge in [-0.1, -0.05) is 54.6 Å². The molecule has 1 amide bonds. The van der Waals surface area contributed by atoms with Crippen molar-refractivity contribution in [1.29, 1.82) is 0 Å². The fourth-order valence-corrected chi connectivity index (χ4v) is 2.75. The minimum absolute atomic E-state index is 0.0117. The van der Waals surface area contributed by atoms with Crippen molar-refractivity contribution in [2.75, 3.05) is 11.9 Å². The first-order valence-electron chi connectivity index (χ1n) is 8.73. The standard InChI is InChI=1S/C23H23NO2/c1-17-12-13-21(14-18(17)2)26-16-23(25)24-22-11-7-6-10-20(22)15-19-8-4-3-5-9-19/h3-14H,15-16H2,1-2H3,(H,24,25). The number of anilines is 1. The average molecular weight is 345 g/mol. The molecule has 0 radical (unpaired) electrons. The molecule has 26 heavy (non-hydrogen) atoms. The van der Waals surface area contributed by atoms with Crippen molar-refractivity contribution in [2.24, 2.45) is 0 Å². The number of hydrogen-bond acceptors (Lipinski definition) is 2. The van der Waals surface area contributed by atoms with Crippen molar-refractivity contribution in [2.45, 2.75) is 20.3 Å². The van der Waals surface area contributed by atoms with Crippen molar-refractivity contribution < 1.29 is 9.53 Å². The van der Waals surface area contributed by atoms with Crippen LogP contribution in [0.15, 0.2) is 72.8 Å². The molecule has 0 aromatic heterocycles. The third-order valence-electron chi connectivity index (χ3n) is 4.38. The summed E-state index contributed by atoms with van der Waals surface area (Å²) in [4.78, 5) is 12.3. The van der Waals surface area contributed by atoms with Gasteiger partial charge in [0, 0.05) is 5.69 Å². The van der Waals surface area contributed by atoms with Crippen LogP contribution in [0.2, 0.25) is 0 Å². The van der Waals surface area contributed by atoms with Gasteiger partial charge >= 0.3 is 0 Å². The molecule has 0 saturated heterocycles. The molecule has 0 unspecified atom stereocenters. The lowest BCUT2D eigenvalue weighted by molar-refractivity contribution is -0.118. The van der Waals surface area contributed by atoms with E-state index in [0.29, 0.717) is 5.75 Å². The van der Waals surface area contributed by atoms with Gasteiger partial charge in [0.05, 0.1) is 0 Å². The van der Waals surface area contributed by atoms with Gasteiger partial charge < -0.3 is 10.1 Å². The Balaban J connectivity index is 1.63. The second-order valence-corrected chi connectivity index (χ2v) is 6.40. The molecule has 3 aromatic rings. The van der Waals surface area contributed by atoms with Crippen LogP contribution in [0.25, 0.3) is 0 Å². The zero-order chi connectivity index (χ0) is 18.4. The molecule has 132 valence electrons. The fourth-order valence-electron chi connectivity index (χ4n) is 2.75. The van der Waals surface area contributed by atoms with Crippen molar-refractivity contribution in [1.82, 2.24) is 0 Å². The quantitative estimate of drug-likeness (QED) is 0.689. The molecule has 0 spiro atoms. The number of benzene rings is 3. The number of amides is 1. The Kier molecular flexibility index (Phi) is 5.69.